The van der Waals surface area contributed by atoms with E-state index in [1.165, 1.54) is 11.3 Å². The topological polar surface area (TPSA) is 185 Å². The Morgan fingerprint density at radius 2 is 1.98 bits per heavy atom. The molecule has 1 aromatic rings. The molecule has 2 aliphatic heterocycles. The molecule has 2 aliphatic rings. The second kappa shape index (κ2) is 14.1. The van der Waals surface area contributed by atoms with Crippen LogP contribution >= 0.6 is 18.9 Å². The summed E-state index contributed by atoms with van der Waals surface area (Å²) < 4.78 is 24.0. The highest BCUT2D eigenvalue weighted by molar-refractivity contribution is 7.55. The number of aromatic nitrogens is 1. The number of aliphatic hydroxyl groups is 2. The van der Waals surface area contributed by atoms with E-state index in [1.54, 1.807) is 20.8 Å². The van der Waals surface area contributed by atoms with Crippen LogP contribution < -0.4 is 10.8 Å². The van der Waals surface area contributed by atoms with Crippen molar-refractivity contribution in [2.24, 2.45) is 23.0 Å². The Kier molecular flexibility index (Phi) is 11.7. The van der Waals surface area contributed by atoms with Gasteiger partial charge in [0.05, 0.1) is 54.1 Å². The number of epoxide rings is 1. The predicted octanol–water partition coefficient (Wildman–Crippen LogP) is 3.40. The Balaban J connectivity index is 1.80. The predicted molar refractivity (Wildman–Crippen MR) is 162 cm³/mol. The van der Waals surface area contributed by atoms with Gasteiger partial charge in [-0.3, -0.25) is 14.2 Å². The van der Waals surface area contributed by atoms with Crippen molar-refractivity contribution in [2.45, 2.75) is 110 Å². The quantitative estimate of drug-likeness (QED) is 0.169. The molecule has 8 atom stereocenters. The molecule has 0 radical (unpaired) electrons. The van der Waals surface area contributed by atoms with Gasteiger partial charge in [-0.2, -0.15) is 0 Å². The average molecular weight is 630 g/mol. The van der Waals surface area contributed by atoms with Gasteiger partial charge >= 0.3 is 5.97 Å². The van der Waals surface area contributed by atoms with Gasteiger partial charge in [0.15, 0.2) is 0 Å². The van der Waals surface area contributed by atoms with Gasteiger partial charge in [0, 0.05) is 24.3 Å². The standard InChI is InChI=1S/C29H48N3O8PS/c1-17-8-7-9-29(6)23(40-29)13-21(39-25(34)14-22(33)28(4,5)27(36)19(3)26(17)35)18(2)12-20-16-42-24(32-20)15-31-41(37,38)11-10-30/h12,16-17,19,21-23,26,33,35H,7-11,13-15,30H2,1-6H3,(H2,31,37,38)/b18-12+/t17?,19?,21-,22?,23?,26-,29+/m0/s1. The zero-order valence-electron chi connectivity index (χ0n) is 25.5. The molecule has 3 heterocycles. The third-order valence-corrected chi connectivity index (χ3v) is 11.2. The van der Waals surface area contributed by atoms with Crippen LogP contribution in [-0.2, 0) is 30.2 Å². The molecule has 1 aromatic heterocycles. The number of nitrogens with two attached hydrogens (primary N) is 1. The number of carbonyl (C=O) groups is 2. The minimum Gasteiger partial charge on any atom is -0.458 e. The lowest BCUT2D eigenvalue weighted by Crippen LogP contribution is -2.45. The molecule has 0 spiro atoms. The molecule has 3 rings (SSSR count). The molecule has 11 nitrogen and oxygen atoms in total. The zero-order valence-corrected chi connectivity index (χ0v) is 27.2. The van der Waals surface area contributed by atoms with Crippen LogP contribution in [0, 0.1) is 17.3 Å². The Morgan fingerprint density at radius 1 is 1.29 bits per heavy atom. The van der Waals surface area contributed by atoms with Crippen LogP contribution in [0.5, 0.6) is 0 Å². The first-order valence-electron chi connectivity index (χ1n) is 14.7. The minimum absolute atomic E-state index is 0.0283. The first kappa shape index (κ1) is 35.0. The Labute approximate surface area is 252 Å². The number of cyclic esters (lactones) is 1. The summed E-state index contributed by atoms with van der Waals surface area (Å²) in [6.07, 6.45) is 1.20. The summed E-state index contributed by atoms with van der Waals surface area (Å²) in [6.45, 7) is 10.9. The summed E-state index contributed by atoms with van der Waals surface area (Å²) in [6, 6.07) is 0. The van der Waals surface area contributed by atoms with Gasteiger partial charge in [-0.25, -0.2) is 10.1 Å². The summed E-state index contributed by atoms with van der Waals surface area (Å²) >= 11 is 1.34. The zero-order chi connectivity index (χ0) is 31.5. The number of Topliss-reactive ketones (excluding diaryl/α,β-unsaturated/α-hetero) is 1. The highest BCUT2D eigenvalue weighted by atomic mass is 32.1. The number of rotatable bonds is 7. The van der Waals surface area contributed by atoms with Gasteiger partial charge in [-0.05, 0) is 44.3 Å². The SMILES string of the molecule is C/C(=C\c1csc(CNP(=O)(O)CCN)n1)[C@@H]1CC2O[C@]2(C)CCCC(C)[C@H](O)C(C)C(=O)C(C)(C)C(O)CC(=O)O1. The van der Waals surface area contributed by atoms with E-state index in [2.05, 4.69) is 10.1 Å². The summed E-state index contributed by atoms with van der Waals surface area (Å²) in [7, 11) is -3.53. The molecule has 42 heavy (non-hydrogen) atoms. The fourth-order valence-electron chi connectivity index (χ4n) is 5.54. The molecule has 0 amide bonds. The number of nitrogens with zero attached hydrogens (tertiary/aromatic N) is 1. The number of aliphatic hydroxyl groups excluding tert-OH is 2. The second-order valence-electron chi connectivity index (χ2n) is 12.7. The molecule has 5 unspecified atom stereocenters. The maximum absolute atomic E-state index is 13.3. The van der Waals surface area contributed by atoms with E-state index in [4.69, 9.17) is 15.2 Å². The summed E-state index contributed by atoms with van der Waals surface area (Å²) in [4.78, 5) is 40.8. The van der Waals surface area contributed by atoms with E-state index in [-0.39, 0.29) is 49.1 Å². The lowest BCUT2D eigenvalue weighted by Gasteiger charge is -2.34. The minimum atomic E-state index is -3.53. The van der Waals surface area contributed by atoms with E-state index in [0.717, 1.165) is 24.8 Å². The molecule has 2 fully saturated rings. The number of esters is 1. The number of fused-ring (bicyclic) bond motifs is 1. The second-order valence-corrected chi connectivity index (χ2v) is 15.8. The summed E-state index contributed by atoms with van der Waals surface area (Å²) in [5.41, 5.74) is 5.11. The lowest BCUT2D eigenvalue weighted by molar-refractivity contribution is -0.154. The van der Waals surface area contributed by atoms with Crippen molar-refractivity contribution in [1.29, 1.82) is 0 Å². The van der Waals surface area contributed by atoms with E-state index in [0.29, 0.717) is 17.1 Å². The van der Waals surface area contributed by atoms with Crippen LogP contribution in [0.15, 0.2) is 11.0 Å². The highest BCUT2D eigenvalue weighted by Gasteiger charge is 2.53. The molecule has 0 aliphatic carbocycles. The number of thiazole rings is 1. The van der Waals surface area contributed by atoms with Crippen molar-refractivity contribution in [3.63, 3.8) is 0 Å². The molecular formula is C29H48N3O8PS. The maximum atomic E-state index is 13.3. The number of ketones is 1. The molecule has 238 valence electrons. The van der Waals surface area contributed by atoms with Gasteiger partial charge in [0.1, 0.15) is 16.9 Å². The first-order valence-corrected chi connectivity index (χ1v) is 17.4. The summed E-state index contributed by atoms with van der Waals surface area (Å²) in [5, 5.41) is 26.9. The molecular weight excluding hydrogens is 581 g/mol. The van der Waals surface area contributed by atoms with Crippen LogP contribution in [0.3, 0.4) is 0 Å². The van der Waals surface area contributed by atoms with Crippen molar-refractivity contribution < 1.29 is 38.7 Å². The lowest BCUT2D eigenvalue weighted by atomic mass is 9.73. The normalized spacial score (nSPS) is 34.8. The number of ether oxygens (including phenoxy) is 2. The van der Waals surface area contributed by atoms with Crippen molar-refractivity contribution in [2.75, 3.05) is 12.7 Å². The maximum Gasteiger partial charge on any atom is 0.309 e. The fraction of sp³-hybridized carbons (Fsp3) is 0.759. The van der Waals surface area contributed by atoms with Crippen LogP contribution in [0.1, 0.15) is 84.3 Å². The van der Waals surface area contributed by atoms with Gasteiger partial charge < -0.3 is 30.3 Å². The molecule has 6 N–H and O–H groups in total. The van der Waals surface area contributed by atoms with Gasteiger partial charge in [0.25, 0.3) is 7.52 Å². The van der Waals surface area contributed by atoms with E-state index in [9.17, 15) is 29.3 Å². The third-order valence-electron chi connectivity index (χ3n) is 8.77. The monoisotopic (exact) mass is 629 g/mol. The van der Waals surface area contributed by atoms with Crippen molar-refractivity contribution in [3.05, 3.63) is 21.7 Å². The third kappa shape index (κ3) is 9.01. The average Bonchev–Trinajstić information content (AvgIpc) is 3.31. The number of hydrogen-bond acceptors (Lipinski definition) is 10. The fourth-order valence-corrected chi connectivity index (χ4v) is 7.24. The van der Waals surface area contributed by atoms with Gasteiger partial charge in [0.2, 0.25) is 0 Å². The smallest absolute Gasteiger partial charge is 0.309 e. The number of hydrogen-bond donors (Lipinski definition) is 5. The van der Waals surface area contributed by atoms with Crippen molar-refractivity contribution >= 4 is 36.7 Å². The van der Waals surface area contributed by atoms with Crippen LogP contribution in [-0.4, -0.2) is 74.6 Å². The molecule has 13 heteroatoms. The first-order chi connectivity index (χ1) is 19.5. The highest BCUT2D eigenvalue weighted by Crippen LogP contribution is 2.45. The summed E-state index contributed by atoms with van der Waals surface area (Å²) in [5.74, 6) is -1.75. The van der Waals surface area contributed by atoms with Crippen molar-refractivity contribution in [1.82, 2.24) is 10.1 Å². The Bertz CT molecular complexity index is 1190. The molecule has 2 saturated heterocycles. The van der Waals surface area contributed by atoms with Crippen LogP contribution in [0.25, 0.3) is 6.08 Å². The van der Waals surface area contributed by atoms with Crippen LogP contribution in [0.2, 0.25) is 0 Å². The van der Waals surface area contributed by atoms with E-state index >= 15 is 0 Å². The van der Waals surface area contributed by atoms with Gasteiger partial charge in [-0.15, -0.1) is 11.3 Å². The Morgan fingerprint density at radius 3 is 2.64 bits per heavy atom. The Hall–Kier alpha value is -1.50. The van der Waals surface area contributed by atoms with Crippen LogP contribution in [0.4, 0.5) is 0 Å². The molecule has 0 saturated carbocycles. The number of nitrogens with one attached hydrogen (secondary N) is 1. The number of carbonyl (C=O) groups excluding carboxylic acids is 2. The molecule has 0 aromatic carbocycles. The van der Waals surface area contributed by atoms with E-state index in [1.807, 2.05) is 32.2 Å². The largest absolute Gasteiger partial charge is 0.458 e. The van der Waals surface area contributed by atoms with Crippen molar-refractivity contribution in [3.8, 4) is 0 Å². The molecule has 0 bridgehead atoms. The van der Waals surface area contributed by atoms with E-state index < -0.39 is 43.1 Å². The van der Waals surface area contributed by atoms with Gasteiger partial charge in [-0.1, -0.05) is 34.1 Å².